The Kier molecular flexibility index (Phi) is 4.71. The van der Waals surface area contributed by atoms with Gasteiger partial charge in [0.05, 0.1) is 22.1 Å². The van der Waals surface area contributed by atoms with E-state index in [4.69, 9.17) is 9.47 Å². The SMILES string of the molecule is CNC(c1csc(I)c1)c1ccc2c(c1)OCC(C)CO2. The van der Waals surface area contributed by atoms with Gasteiger partial charge < -0.3 is 14.8 Å². The second-order valence-corrected chi connectivity index (χ2v) is 8.14. The smallest absolute Gasteiger partial charge is 0.161 e. The van der Waals surface area contributed by atoms with Crippen LogP contribution in [0.1, 0.15) is 24.1 Å². The molecular weight excluding hydrogens is 397 g/mol. The first-order chi connectivity index (χ1) is 10.2. The molecule has 0 radical (unpaired) electrons. The van der Waals surface area contributed by atoms with E-state index in [0.29, 0.717) is 19.1 Å². The molecule has 1 aliphatic heterocycles. The van der Waals surface area contributed by atoms with Gasteiger partial charge in [0.2, 0.25) is 0 Å². The van der Waals surface area contributed by atoms with E-state index in [9.17, 15) is 0 Å². The van der Waals surface area contributed by atoms with Crippen molar-refractivity contribution in [3.8, 4) is 11.5 Å². The van der Waals surface area contributed by atoms with E-state index in [0.717, 1.165) is 11.5 Å². The highest BCUT2D eigenvalue weighted by Crippen LogP contribution is 2.35. The Morgan fingerprint density at radius 1 is 1.19 bits per heavy atom. The average molecular weight is 415 g/mol. The first-order valence-electron chi connectivity index (χ1n) is 6.98. The summed E-state index contributed by atoms with van der Waals surface area (Å²) in [6.45, 7) is 3.55. The van der Waals surface area contributed by atoms with Crippen molar-refractivity contribution >= 4 is 33.9 Å². The average Bonchev–Trinajstić information content (AvgIpc) is 2.81. The molecule has 0 bridgehead atoms. The lowest BCUT2D eigenvalue weighted by Gasteiger charge is -2.17. The van der Waals surface area contributed by atoms with Crippen molar-refractivity contribution in [1.82, 2.24) is 5.32 Å². The standard InChI is InChI=1S/C16H18INO2S/c1-10-7-19-13-4-3-11(5-14(13)20-8-10)16(18-2)12-6-15(17)21-9-12/h3-6,9-10,16,18H,7-8H2,1-2H3. The van der Waals surface area contributed by atoms with E-state index in [-0.39, 0.29) is 6.04 Å². The summed E-state index contributed by atoms with van der Waals surface area (Å²) in [6, 6.07) is 8.63. The molecule has 2 atom stereocenters. The van der Waals surface area contributed by atoms with E-state index in [1.54, 1.807) is 11.3 Å². The number of fused-ring (bicyclic) bond motifs is 1. The molecule has 0 fully saturated rings. The third-order valence-corrected chi connectivity index (χ3v) is 5.36. The number of hydrogen-bond donors (Lipinski definition) is 1. The zero-order valence-corrected chi connectivity index (χ0v) is 15.0. The lowest BCUT2D eigenvalue weighted by Crippen LogP contribution is -2.17. The zero-order valence-electron chi connectivity index (χ0n) is 12.1. The van der Waals surface area contributed by atoms with Crippen molar-refractivity contribution in [2.45, 2.75) is 13.0 Å². The van der Waals surface area contributed by atoms with Crippen LogP contribution in [0.25, 0.3) is 0 Å². The quantitative estimate of drug-likeness (QED) is 0.767. The molecule has 2 unspecified atom stereocenters. The summed E-state index contributed by atoms with van der Waals surface area (Å²) >= 11 is 4.12. The van der Waals surface area contributed by atoms with Crippen LogP contribution >= 0.6 is 33.9 Å². The van der Waals surface area contributed by atoms with Gasteiger partial charge in [-0.25, -0.2) is 0 Å². The largest absolute Gasteiger partial charge is 0.489 e. The molecule has 1 aromatic heterocycles. The van der Waals surface area contributed by atoms with Gasteiger partial charge in [0, 0.05) is 5.92 Å². The second-order valence-electron chi connectivity index (χ2n) is 5.34. The van der Waals surface area contributed by atoms with E-state index in [1.165, 1.54) is 14.0 Å². The molecule has 3 rings (SSSR count). The maximum Gasteiger partial charge on any atom is 0.161 e. The van der Waals surface area contributed by atoms with Gasteiger partial charge in [-0.05, 0) is 64.3 Å². The summed E-state index contributed by atoms with van der Waals surface area (Å²) in [4.78, 5) is 0. The lowest BCUT2D eigenvalue weighted by atomic mass is 10.0. The first kappa shape index (κ1) is 15.1. The summed E-state index contributed by atoms with van der Waals surface area (Å²) in [5.41, 5.74) is 2.48. The summed E-state index contributed by atoms with van der Waals surface area (Å²) in [6.07, 6.45) is 0. The van der Waals surface area contributed by atoms with E-state index >= 15 is 0 Å². The molecule has 0 saturated heterocycles. The third kappa shape index (κ3) is 3.35. The highest BCUT2D eigenvalue weighted by molar-refractivity contribution is 14.1. The van der Waals surface area contributed by atoms with E-state index in [1.807, 2.05) is 13.1 Å². The van der Waals surface area contributed by atoms with Crippen LogP contribution in [0.5, 0.6) is 11.5 Å². The zero-order chi connectivity index (χ0) is 14.8. The van der Waals surface area contributed by atoms with Gasteiger partial charge in [0.1, 0.15) is 0 Å². The Labute approximate surface area is 142 Å². The minimum Gasteiger partial charge on any atom is -0.489 e. The minimum atomic E-state index is 0.180. The topological polar surface area (TPSA) is 30.5 Å². The van der Waals surface area contributed by atoms with Crippen molar-refractivity contribution in [1.29, 1.82) is 0 Å². The second kappa shape index (κ2) is 6.54. The molecule has 3 nitrogen and oxygen atoms in total. The van der Waals surface area contributed by atoms with E-state index in [2.05, 4.69) is 58.4 Å². The molecule has 112 valence electrons. The number of hydrogen-bond acceptors (Lipinski definition) is 4. The highest BCUT2D eigenvalue weighted by Gasteiger charge is 2.19. The normalized spacial score (nSPS) is 19.1. The van der Waals surface area contributed by atoms with E-state index < -0.39 is 0 Å². The summed E-state index contributed by atoms with van der Waals surface area (Å²) in [5, 5.41) is 5.59. The Bertz CT molecular complexity index is 628. The fourth-order valence-electron chi connectivity index (χ4n) is 2.45. The number of rotatable bonds is 3. The third-order valence-electron chi connectivity index (χ3n) is 3.56. The van der Waals surface area contributed by atoms with Crippen LogP contribution in [0.3, 0.4) is 0 Å². The van der Waals surface area contributed by atoms with Crippen molar-refractivity contribution in [3.05, 3.63) is 43.7 Å². The van der Waals surface area contributed by atoms with Gasteiger partial charge in [-0.1, -0.05) is 13.0 Å². The van der Waals surface area contributed by atoms with Crippen LogP contribution in [0, 0.1) is 8.80 Å². The molecular formula is C16H18INO2S. The molecule has 5 heteroatoms. The summed E-state index contributed by atoms with van der Waals surface area (Å²) < 4.78 is 13.0. The maximum absolute atomic E-state index is 5.89. The molecule has 2 aromatic rings. The fourth-order valence-corrected chi connectivity index (χ4v) is 3.85. The van der Waals surface area contributed by atoms with Crippen LogP contribution in [-0.2, 0) is 0 Å². The molecule has 0 aliphatic carbocycles. The van der Waals surface area contributed by atoms with Crippen LogP contribution in [0.2, 0.25) is 0 Å². The van der Waals surface area contributed by atoms with Crippen LogP contribution < -0.4 is 14.8 Å². The summed E-state index contributed by atoms with van der Waals surface area (Å²) in [5.74, 6) is 2.11. The van der Waals surface area contributed by atoms with Crippen molar-refractivity contribution in [3.63, 3.8) is 0 Å². The van der Waals surface area contributed by atoms with Crippen LogP contribution in [0.15, 0.2) is 29.6 Å². The fraction of sp³-hybridized carbons (Fsp3) is 0.375. The van der Waals surface area contributed by atoms with Gasteiger partial charge in [0.15, 0.2) is 11.5 Å². The Balaban J connectivity index is 1.92. The van der Waals surface area contributed by atoms with Gasteiger partial charge in [0.25, 0.3) is 0 Å². The van der Waals surface area contributed by atoms with Gasteiger partial charge >= 0.3 is 0 Å². The molecule has 1 N–H and O–H groups in total. The van der Waals surface area contributed by atoms with Crippen LogP contribution in [-0.4, -0.2) is 20.3 Å². The number of benzene rings is 1. The highest BCUT2D eigenvalue weighted by atomic mass is 127. The predicted octanol–water partition coefficient (Wildman–Crippen LogP) is 4.07. The first-order valence-corrected chi connectivity index (χ1v) is 8.94. The number of ether oxygens (including phenoxy) is 2. The number of thiophene rings is 1. The Morgan fingerprint density at radius 3 is 2.62 bits per heavy atom. The molecule has 0 spiro atoms. The van der Waals surface area contributed by atoms with Gasteiger partial charge in [-0.3, -0.25) is 0 Å². The van der Waals surface area contributed by atoms with Gasteiger partial charge in [-0.15, -0.1) is 11.3 Å². The Morgan fingerprint density at radius 2 is 1.95 bits per heavy atom. The monoisotopic (exact) mass is 415 g/mol. The minimum absolute atomic E-state index is 0.180. The molecule has 1 aromatic carbocycles. The predicted molar refractivity (Wildman–Crippen MR) is 94.5 cm³/mol. The lowest BCUT2D eigenvalue weighted by molar-refractivity contribution is 0.228. The van der Waals surface area contributed by atoms with Gasteiger partial charge in [-0.2, -0.15) is 0 Å². The maximum atomic E-state index is 5.89. The molecule has 0 saturated carbocycles. The van der Waals surface area contributed by atoms with Crippen molar-refractivity contribution < 1.29 is 9.47 Å². The molecule has 0 amide bonds. The number of halogens is 1. The summed E-state index contributed by atoms with van der Waals surface area (Å²) in [7, 11) is 1.99. The molecule has 2 heterocycles. The number of nitrogens with one attached hydrogen (secondary N) is 1. The molecule has 21 heavy (non-hydrogen) atoms. The van der Waals surface area contributed by atoms with Crippen molar-refractivity contribution in [2.24, 2.45) is 5.92 Å². The Hall–Kier alpha value is -0.790. The van der Waals surface area contributed by atoms with Crippen LogP contribution in [0.4, 0.5) is 0 Å². The molecule has 1 aliphatic rings. The van der Waals surface area contributed by atoms with Crippen molar-refractivity contribution in [2.75, 3.05) is 20.3 Å².